The molecule has 31 heavy (non-hydrogen) atoms. The van der Waals surface area contributed by atoms with E-state index in [4.69, 9.17) is 0 Å². The Labute approximate surface area is 182 Å². The maximum Gasteiger partial charge on any atom is 0.264 e. The van der Waals surface area contributed by atoms with Gasteiger partial charge in [-0.15, -0.1) is 11.3 Å². The van der Waals surface area contributed by atoms with Crippen molar-refractivity contribution in [2.45, 2.75) is 11.8 Å². The summed E-state index contributed by atoms with van der Waals surface area (Å²) in [4.78, 5) is 22.6. The standard InChI is InChI=1S/C21H19FN4O3S2/c1-13-16-11-14(22)4-5-17(16)30-19(13)21(27)25-7-9-26(10-8-25)31(28,29)18-12-24-20-15(18)3-2-6-23-20/h2-6,11-12H,7-10H2,1H3,(H,23,24). The molecule has 1 fully saturated rings. The van der Waals surface area contributed by atoms with Crippen molar-refractivity contribution in [3.05, 3.63) is 59.0 Å². The largest absolute Gasteiger partial charge is 0.345 e. The van der Waals surface area contributed by atoms with Crippen molar-refractivity contribution in [1.29, 1.82) is 0 Å². The number of hydrogen-bond acceptors (Lipinski definition) is 5. The smallest absolute Gasteiger partial charge is 0.264 e. The Bertz CT molecular complexity index is 1420. The number of H-pyrrole nitrogens is 1. The molecule has 4 aromatic rings. The lowest BCUT2D eigenvalue weighted by Crippen LogP contribution is -2.50. The van der Waals surface area contributed by atoms with Crippen LogP contribution in [0, 0.1) is 12.7 Å². The minimum absolute atomic E-state index is 0.146. The number of aromatic nitrogens is 2. The van der Waals surface area contributed by atoms with E-state index < -0.39 is 10.0 Å². The van der Waals surface area contributed by atoms with Gasteiger partial charge in [-0.2, -0.15) is 4.31 Å². The number of aromatic amines is 1. The van der Waals surface area contributed by atoms with Gasteiger partial charge in [-0.3, -0.25) is 4.79 Å². The summed E-state index contributed by atoms with van der Waals surface area (Å²) in [6.07, 6.45) is 3.06. The van der Waals surface area contributed by atoms with Crippen LogP contribution in [0.5, 0.6) is 0 Å². The number of nitrogens with one attached hydrogen (secondary N) is 1. The molecule has 160 valence electrons. The summed E-state index contributed by atoms with van der Waals surface area (Å²) in [7, 11) is -3.71. The molecule has 0 spiro atoms. The summed E-state index contributed by atoms with van der Waals surface area (Å²) in [5.41, 5.74) is 1.28. The molecule has 1 amide bonds. The first kappa shape index (κ1) is 20.1. The zero-order valence-electron chi connectivity index (χ0n) is 16.6. The van der Waals surface area contributed by atoms with E-state index >= 15 is 0 Å². The molecule has 1 aliphatic heterocycles. The van der Waals surface area contributed by atoms with Gasteiger partial charge in [0.15, 0.2) is 0 Å². The predicted octanol–water partition coefficient (Wildman–Crippen LogP) is 3.37. The number of carbonyl (C=O) groups excluding carboxylic acids is 1. The summed E-state index contributed by atoms with van der Waals surface area (Å²) < 4.78 is 42.2. The minimum atomic E-state index is -3.71. The second-order valence-corrected chi connectivity index (χ2v) is 10.4. The van der Waals surface area contributed by atoms with Crippen LogP contribution < -0.4 is 0 Å². The van der Waals surface area contributed by atoms with Crippen LogP contribution in [0.4, 0.5) is 4.39 Å². The van der Waals surface area contributed by atoms with Gasteiger partial charge in [-0.05, 0) is 48.2 Å². The lowest BCUT2D eigenvalue weighted by Gasteiger charge is -2.33. The van der Waals surface area contributed by atoms with E-state index in [9.17, 15) is 17.6 Å². The normalized spacial score (nSPS) is 15.7. The third-order valence-corrected chi connectivity index (χ3v) is 8.85. The summed E-state index contributed by atoms with van der Waals surface area (Å²) in [5, 5.41) is 1.29. The van der Waals surface area contributed by atoms with Crippen molar-refractivity contribution >= 4 is 48.4 Å². The number of thiophene rings is 1. The second-order valence-electron chi connectivity index (χ2n) is 7.45. The summed E-state index contributed by atoms with van der Waals surface area (Å²) >= 11 is 1.34. The van der Waals surface area contributed by atoms with Crippen LogP contribution in [0.15, 0.2) is 47.6 Å². The van der Waals surface area contributed by atoms with Crippen molar-refractivity contribution in [3.8, 4) is 0 Å². The number of nitrogens with zero attached hydrogens (tertiary/aromatic N) is 3. The first-order valence-electron chi connectivity index (χ1n) is 9.76. The molecule has 1 aliphatic rings. The average molecular weight is 459 g/mol. The third kappa shape index (κ3) is 3.31. The van der Waals surface area contributed by atoms with Crippen LogP contribution in [0.25, 0.3) is 21.1 Å². The van der Waals surface area contributed by atoms with Gasteiger partial charge in [0.2, 0.25) is 10.0 Å². The number of fused-ring (bicyclic) bond motifs is 2. The van der Waals surface area contributed by atoms with Crippen LogP contribution in [-0.2, 0) is 10.0 Å². The summed E-state index contributed by atoms with van der Waals surface area (Å²) in [5.74, 6) is -0.480. The Hall–Kier alpha value is -2.82. The van der Waals surface area contributed by atoms with Gasteiger partial charge in [0, 0.05) is 48.7 Å². The number of pyridine rings is 1. The van der Waals surface area contributed by atoms with Crippen molar-refractivity contribution in [2.75, 3.05) is 26.2 Å². The number of hydrogen-bond donors (Lipinski definition) is 1. The summed E-state index contributed by atoms with van der Waals surface area (Å²) in [6.45, 7) is 2.82. The highest BCUT2D eigenvalue weighted by Crippen LogP contribution is 2.33. The number of carbonyl (C=O) groups is 1. The Balaban J connectivity index is 1.35. The number of piperazine rings is 1. The number of benzene rings is 1. The highest BCUT2D eigenvalue weighted by atomic mass is 32.2. The first-order chi connectivity index (χ1) is 14.9. The maximum atomic E-state index is 13.6. The monoisotopic (exact) mass is 458 g/mol. The molecule has 1 saturated heterocycles. The Morgan fingerprint density at radius 1 is 1.16 bits per heavy atom. The number of rotatable bonds is 3. The molecule has 1 N–H and O–H groups in total. The molecule has 4 heterocycles. The molecule has 0 unspecified atom stereocenters. The molecule has 7 nitrogen and oxygen atoms in total. The van der Waals surface area contributed by atoms with Crippen LogP contribution in [0.2, 0.25) is 0 Å². The average Bonchev–Trinajstić information content (AvgIpc) is 3.35. The Morgan fingerprint density at radius 2 is 1.94 bits per heavy atom. The van der Waals surface area contributed by atoms with Crippen LogP contribution >= 0.6 is 11.3 Å². The molecule has 1 aromatic carbocycles. The van der Waals surface area contributed by atoms with Crippen LogP contribution in [0.3, 0.4) is 0 Å². The quantitative estimate of drug-likeness (QED) is 0.510. The number of aryl methyl sites for hydroxylation is 1. The first-order valence-corrected chi connectivity index (χ1v) is 12.0. The van der Waals surface area contributed by atoms with Crippen molar-refractivity contribution in [2.24, 2.45) is 0 Å². The molecule has 10 heteroatoms. The molecular weight excluding hydrogens is 439 g/mol. The van der Waals surface area contributed by atoms with E-state index in [0.717, 1.165) is 15.6 Å². The molecule has 0 radical (unpaired) electrons. The van der Waals surface area contributed by atoms with Gasteiger partial charge in [-0.25, -0.2) is 17.8 Å². The molecule has 0 bridgehead atoms. The molecule has 0 atom stereocenters. The fourth-order valence-electron chi connectivity index (χ4n) is 3.96. The molecular formula is C21H19FN4O3S2. The molecule has 0 saturated carbocycles. The molecule has 3 aromatic heterocycles. The second kappa shape index (κ2) is 7.40. The van der Waals surface area contributed by atoms with E-state index in [-0.39, 0.29) is 29.7 Å². The minimum Gasteiger partial charge on any atom is -0.345 e. The number of amides is 1. The van der Waals surface area contributed by atoms with E-state index in [1.807, 2.05) is 6.92 Å². The number of halogens is 1. The Morgan fingerprint density at radius 3 is 2.71 bits per heavy atom. The highest BCUT2D eigenvalue weighted by molar-refractivity contribution is 7.89. The zero-order valence-corrected chi connectivity index (χ0v) is 18.3. The molecule has 5 rings (SSSR count). The maximum absolute atomic E-state index is 13.6. The van der Waals surface area contributed by atoms with Crippen LogP contribution in [0.1, 0.15) is 15.2 Å². The van der Waals surface area contributed by atoms with Gasteiger partial charge in [0.25, 0.3) is 5.91 Å². The van der Waals surface area contributed by atoms with E-state index in [1.54, 1.807) is 29.3 Å². The van der Waals surface area contributed by atoms with Gasteiger partial charge in [0.05, 0.1) is 4.88 Å². The van der Waals surface area contributed by atoms with E-state index in [1.165, 1.54) is 34.0 Å². The fraction of sp³-hybridized carbons (Fsp3) is 0.238. The lowest BCUT2D eigenvalue weighted by molar-refractivity contribution is 0.0702. The Kier molecular flexibility index (Phi) is 4.80. The van der Waals surface area contributed by atoms with E-state index in [2.05, 4.69) is 9.97 Å². The van der Waals surface area contributed by atoms with Crippen molar-refractivity contribution in [3.63, 3.8) is 0 Å². The van der Waals surface area contributed by atoms with Gasteiger partial charge < -0.3 is 9.88 Å². The van der Waals surface area contributed by atoms with Gasteiger partial charge >= 0.3 is 0 Å². The van der Waals surface area contributed by atoms with Gasteiger partial charge in [-0.1, -0.05) is 0 Å². The SMILES string of the molecule is Cc1c(C(=O)N2CCN(S(=O)(=O)c3c[nH]c4ncccc34)CC2)sc2ccc(F)cc12. The van der Waals surface area contributed by atoms with Crippen molar-refractivity contribution in [1.82, 2.24) is 19.2 Å². The lowest BCUT2D eigenvalue weighted by atomic mass is 10.1. The van der Waals surface area contributed by atoms with E-state index in [0.29, 0.717) is 29.0 Å². The predicted molar refractivity (Wildman–Crippen MR) is 117 cm³/mol. The van der Waals surface area contributed by atoms with Crippen LogP contribution in [-0.4, -0.2) is 59.7 Å². The zero-order chi connectivity index (χ0) is 21.8. The topological polar surface area (TPSA) is 86.4 Å². The number of sulfonamides is 1. The molecule has 0 aliphatic carbocycles. The van der Waals surface area contributed by atoms with Gasteiger partial charge in [0.1, 0.15) is 16.4 Å². The highest BCUT2D eigenvalue weighted by Gasteiger charge is 2.33. The third-order valence-electron chi connectivity index (χ3n) is 5.65. The van der Waals surface area contributed by atoms with Crippen molar-refractivity contribution < 1.29 is 17.6 Å². The summed E-state index contributed by atoms with van der Waals surface area (Å²) in [6, 6.07) is 7.93. The fourth-order valence-corrected chi connectivity index (χ4v) is 6.69.